The van der Waals surface area contributed by atoms with Crippen LogP contribution in [0, 0.1) is 0 Å². The minimum Gasteiger partial charge on any atom is -0.507 e. The fraction of sp³-hybridized carbons (Fsp3) is 0.550. The van der Waals surface area contributed by atoms with Gasteiger partial charge in [-0.15, -0.1) is 0 Å². The van der Waals surface area contributed by atoms with E-state index in [1.54, 1.807) is 11.8 Å². The number of aliphatic hydroxyl groups is 1. The number of phenols is 1. The average molecular weight is 361 g/mol. The zero-order valence-electron chi connectivity index (χ0n) is 16.0. The van der Waals surface area contributed by atoms with Crippen molar-refractivity contribution in [2.24, 2.45) is 0 Å². The summed E-state index contributed by atoms with van der Waals surface area (Å²) in [5.74, 6) is 1.38. The van der Waals surface area contributed by atoms with Crippen molar-refractivity contribution in [2.75, 3.05) is 5.75 Å². The molecule has 2 aromatic rings. The van der Waals surface area contributed by atoms with E-state index in [1.807, 2.05) is 12.1 Å². The number of aromatic nitrogens is 2. The summed E-state index contributed by atoms with van der Waals surface area (Å²) >= 11 is 1.73. The number of aliphatic hydroxyl groups excluding tert-OH is 1. The Morgan fingerprint density at radius 1 is 1.08 bits per heavy atom. The third-order valence-corrected chi connectivity index (χ3v) is 5.69. The van der Waals surface area contributed by atoms with Gasteiger partial charge >= 0.3 is 0 Å². The monoisotopic (exact) mass is 360 g/mol. The van der Waals surface area contributed by atoms with Crippen LogP contribution in [0.1, 0.15) is 58.4 Å². The summed E-state index contributed by atoms with van der Waals surface area (Å²) in [5, 5.41) is 21.8. The normalized spacial score (nSPS) is 14.8. The molecule has 0 fully saturated rings. The van der Waals surface area contributed by atoms with Gasteiger partial charge in [0.05, 0.1) is 18.0 Å². The van der Waals surface area contributed by atoms with E-state index in [0.29, 0.717) is 5.75 Å². The van der Waals surface area contributed by atoms with Crippen LogP contribution in [0.15, 0.2) is 17.3 Å². The van der Waals surface area contributed by atoms with Crippen LogP contribution in [0.3, 0.4) is 0 Å². The Hall–Kier alpha value is -1.46. The van der Waals surface area contributed by atoms with Crippen molar-refractivity contribution in [3.8, 4) is 17.0 Å². The number of aromatic hydroxyl groups is 1. The molecule has 0 aliphatic carbocycles. The molecule has 1 aliphatic rings. The van der Waals surface area contributed by atoms with Crippen LogP contribution < -0.4 is 0 Å². The average Bonchev–Trinajstić information content (AvgIpc) is 3.05. The molecule has 2 N–H and O–H groups in total. The van der Waals surface area contributed by atoms with E-state index in [4.69, 9.17) is 4.98 Å². The summed E-state index contributed by atoms with van der Waals surface area (Å²) in [4.78, 5) is 4.79. The molecule has 0 amide bonds. The van der Waals surface area contributed by atoms with Gasteiger partial charge in [0.2, 0.25) is 0 Å². The highest BCUT2D eigenvalue weighted by Crippen LogP contribution is 2.43. The maximum absolute atomic E-state index is 10.9. The molecular weight excluding hydrogens is 332 g/mol. The highest BCUT2D eigenvalue weighted by Gasteiger charge is 2.29. The smallest absolute Gasteiger partial charge is 0.168 e. The highest BCUT2D eigenvalue weighted by molar-refractivity contribution is 7.99. The number of rotatable bonds is 2. The van der Waals surface area contributed by atoms with E-state index in [2.05, 4.69) is 46.1 Å². The summed E-state index contributed by atoms with van der Waals surface area (Å²) in [6, 6.07) is 4.07. The van der Waals surface area contributed by atoms with Crippen molar-refractivity contribution in [3.05, 3.63) is 29.0 Å². The van der Waals surface area contributed by atoms with Crippen molar-refractivity contribution < 1.29 is 10.2 Å². The van der Waals surface area contributed by atoms with Crippen LogP contribution in [0.25, 0.3) is 11.3 Å². The molecule has 1 aromatic carbocycles. The van der Waals surface area contributed by atoms with Crippen molar-refractivity contribution in [3.63, 3.8) is 0 Å². The molecule has 136 valence electrons. The number of nitrogens with zero attached hydrogens (tertiary/aromatic N) is 2. The minimum atomic E-state index is -0.184. The molecule has 2 heterocycles. The van der Waals surface area contributed by atoms with Gasteiger partial charge < -0.3 is 14.8 Å². The molecule has 0 bridgehead atoms. The van der Waals surface area contributed by atoms with E-state index in [9.17, 15) is 10.2 Å². The summed E-state index contributed by atoms with van der Waals surface area (Å²) in [7, 11) is 0. The number of fused-ring (bicyclic) bond motifs is 1. The third kappa shape index (κ3) is 3.20. The highest BCUT2D eigenvalue weighted by atomic mass is 32.2. The molecule has 0 atom stereocenters. The Morgan fingerprint density at radius 2 is 1.64 bits per heavy atom. The number of imidazole rings is 1. The van der Waals surface area contributed by atoms with Gasteiger partial charge in [-0.3, -0.25) is 0 Å². The second-order valence-electron chi connectivity index (χ2n) is 8.77. The largest absolute Gasteiger partial charge is 0.507 e. The molecular formula is C20H28N2O2S. The molecule has 1 aliphatic heterocycles. The Morgan fingerprint density at radius 3 is 2.12 bits per heavy atom. The Bertz CT molecular complexity index is 775. The molecule has 0 spiro atoms. The summed E-state index contributed by atoms with van der Waals surface area (Å²) in [6.45, 7) is 13.5. The molecule has 0 saturated heterocycles. The quantitative estimate of drug-likeness (QED) is 0.831. The molecule has 4 nitrogen and oxygen atoms in total. The lowest BCUT2D eigenvalue weighted by Crippen LogP contribution is -2.17. The maximum Gasteiger partial charge on any atom is 0.168 e. The van der Waals surface area contributed by atoms with Crippen LogP contribution in [0.5, 0.6) is 5.75 Å². The van der Waals surface area contributed by atoms with Crippen molar-refractivity contribution in [1.82, 2.24) is 9.55 Å². The molecule has 3 rings (SSSR count). The lowest BCUT2D eigenvalue weighted by atomic mass is 9.78. The first kappa shape index (κ1) is 18.3. The Balaban J connectivity index is 2.28. The molecule has 25 heavy (non-hydrogen) atoms. The van der Waals surface area contributed by atoms with Gasteiger partial charge in [0.25, 0.3) is 0 Å². The maximum atomic E-state index is 10.9. The molecule has 5 heteroatoms. The fourth-order valence-corrected chi connectivity index (χ4v) is 4.31. The predicted molar refractivity (Wildman–Crippen MR) is 103 cm³/mol. The van der Waals surface area contributed by atoms with E-state index < -0.39 is 0 Å². The van der Waals surface area contributed by atoms with Gasteiger partial charge in [0, 0.05) is 29.0 Å². The van der Waals surface area contributed by atoms with Gasteiger partial charge in [-0.05, 0) is 23.0 Å². The summed E-state index contributed by atoms with van der Waals surface area (Å²) in [6.07, 6.45) is 0. The van der Waals surface area contributed by atoms with Crippen molar-refractivity contribution in [1.29, 1.82) is 0 Å². The topological polar surface area (TPSA) is 58.3 Å². The minimum absolute atomic E-state index is 0.0283. The predicted octanol–water partition coefficient (Wildman–Crippen LogP) is 4.45. The Labute approximate surface area is 154 Å². The second-order valence-corrected chi connectivity index (χ2v) is 9.83. The number of hydrogen-bond donors (Lipinski definition) is 2. The number of benzene rings is 1. The molecule has 0 radical (unpaired) electrons. The Kier molecular flexibility index (Phi) is 4.44. The van der Waals surface area contributed by atoms with Crippen LogP contribution in [0.2, 0.25) is 0 Å². The molecule has 0 unspecified atom stereocenters. The standard InChI is InChI=1S/C20H28N2O2S/c1-19(2,3)13-9-12(10-14(17(13)24)20(4,5)6)16-15(11-23)22-7-8-25-18(22)21-16/h9-10,23-24H,7-8,11H2,1-6H3. The van der Waals surface area contributed by atoms with Crippen LogP contribution in [-0.2, 0) is 24.0 Å². The second kappa shape index (κ2) is 6.06. The SMILES string of the molecule is CC(C)(C)c1cc(-c2nc3n(c2CO)CCS3)cc(C(C)(C)C)c1O. The molecule has 1 aromatic heterocycles. The first-order valence-corrected chi connectivity index (χ1v) is 9.74. The van der Waals surface area contributed by atoms with Gasteiger partial charge in [-0.2, -0.15) is 0 Å². The van der Waals surface area contributed by atoms with Gasteiger partial charge in [0.15, 0.2) is 5.16 Å². The summed E-state index contributed by atoms with van der Waals surface area (Å²) < 4.78 is 2.11. The van der Waals surface area contributed by atoms with Gasteiger partial charge in [0.1, 0.15) is 5.75 Å². The van der Waals surface area contributed by atoms with Gasteiger partial charge in [-0.25, -0.2) is 4.98 Å². The van der Waals surface area contributed by atoms with E-state index >= 15 is 0 Å². The van der Waals surface area contributed by atoms with E-state index in [-0.39, 0.29) is 17.4 Å². The zero-order chi connectivity index (χ0) is 18.6. The molecule has 0 saturated carbocycles. The number of phenolic OH excluding ortho intramolecular Hbond substituents is 1. The van der Waals surface area contributed by atoms with E-state index in [1.165, 1.54) is 0 Å². The van der Waals surface area contributed by atoms with Crippen LogP contribution >= 0.6 is 11.8 Å². The number of thioether (sulfide) groups is 1. The first-order valence-electron chi connectivity index (χ1n) is 8.75. The number of hydrogen-bond acceptors (Lipinski definition) is 4. The van der Waals surface area contributed by atoms with Crippen molar-refractivity contribution in [2.45, 2.75) is 70.7 Å². The lowest BCUT2D eigenvalue weighted by Gasteiger charge is -2.28. The zero-order valence-corrected chi connectivity index (χ0v) is 16.8. The first-order chi connectivity index (χ1) is 11.5. The van der Waals surface area contributed by atoms with Crippen molar-refractivity contribution >= 4 is 11.8 Å². The van der Waals surface area contributed by atoms with Crippen LogP contribution in [0.4, 0.5) is 0 Å². The van der Waals surface area contributed by atoms with Crippen LogP contribution in [-0.4, -0.2) is 25.5 Å². The fourth-order valence-electron chi connectivity index (χ4n) is 3.34. The lowest BCUT2D eigenvalue weighted by molar-refractivity contribution is 0.271. The van der Waals surface area contributed by atoms with Gasteiger partial charge in [-0.1, -0.05) is 53.3 Å². The summed E-state index contributed by atoms with van der Waals surface area (Å²) in [5.41, 5.74) is 4.14. The van der Waals surface area contributed by atoms with E-state index in [0.717, 1.165) is 45.5 Å². The third-order valence-electron chi connectivity index (χ3n) is 4.73.